The number of nitrogens with one attached hydrogen (secondary N) is 1. The fourth-order valence-corrected chi connectivity index (χ4v) is 3.22. The zero-order valence-corrected chi connectivity index (χ0v) is 13.9. The molecular formula is C14H16N4O4S. The molecule has 2 amide bonds. The van der Waals surface area contributed by atoms with Crippen LogP contribution in [0.1, 0.15) is 41.8 Å². The molecule has 0 saturated heterocycles. The number of aromatic nitrogens is 2. The average Bonchev–Trinajstić information content (AvgIpc) is 2.98. The van der Waals surface area contributed by atoms with E-state index in [1.54, 1.807) is 27.0 Å². The van der Waals surface area contributed by atoms with Crippen LogP contribution in [0.5, 0.6) is 0 Å². The van der Waals surface area contributed by atoms with E-state index in [-0.39, 0.29) is 15.4 Å². The summed E-state index contributed by atoms with van der Waals surface area (Å²) in [5, 5.41) is 6.93. The first-order chi connectivity index (χ1) is 10.8. The van der Waals surface area contributed by atoms with Crippen LogP contribution in [-0.4, -0.2) is 34.7 Å². The molecule has 0 saturated carbocycles. The molecule has 0 aliphatic heterocycles. The van der Waals surface area contributed by atoms with Gasteiger partial charge in [-0.05, 0) is 25.5 Å². The van der Waals surface area contributed by atoms with E-state index in [1.807, 2.05) is 0 Å². The highest BCUT2D eigenvalue weighted by Crippen LogP contribution is 2.33. The minimum Gasteiger partial charge on any atom is -0.465 e. The average molecular weight is 336 g/mol. The van der Waals surface area contributed by atoms with Crippen LogP contribution in [0.4, 0.5) is 5.00 Å². The number of thiophene rings is 1. The van der Waals surface area contributed by atoms with Gasteiger partial charge in [-0.1, -0.05) is 0 Å². The summed E-state index contributed by atoms with van der Waals surface area (Å²) in [6.07, 6.45) is 0. The lowest BCUT2D eigenvalue weighted by Crippen LogP contribution is -2.17. The van der Waals surface area contributed by atoms with Crippen molar-refractivity contribution < 1.29 is 19.1 Å². The number of hydrogen-bond acceptors (Lipinski definition) is 6. The van der Waals surface area contributed by atoms with Gasteiger partial charge in [0, 0.05) is 7.05 Å². The maximum absolute atomic E-state index is 12.4. The second-order valence-electron chi connectivity index (χ2n) is 4.86. The van der Waals surface area contributed by atoms with E-state index >= 15 is 0 Å². The second-order valence-corrected chi connectivity index (χ2v) is 5.89. The number of carbonyl (C=O) groups is 3. The molecule has 23 heavy (non-hydrogen) atoms. The Kier molecular flexibility index (Phi) is 4.50. The lowest BCUT2D eigenvalue weighted by atomic mass is 10.1. The van der Waals surface area contributed by atoms with Crippen molar-refractivity contribution >= 4 is 34.1 Å². The molecule has 0 bridgehead atoms. The maximum atomic E-state index is 12.4. The Morgan fingerprint density at radius 3 is 2.48 bits per heavy atom. The number of aryl methyl sites for hydroxylation is 2. The summed E-state index contributed by atoms with van der Waals surface area (Å²) in [4.78, 5) is 36.0. The van der Waals surface area contributed by atoms with Crippen LogP contribution < -0.4 is 11.1 Å². The Balaban J connectivity index is 2.44. The van der Waals surface area contributed by atoms with Crippen LogP contribution in [0.25, 0.3) is 0 Å². The van der Waals surface area contributed by atoms with E-state index < -0.39 is 17.8 Å². The number of amides is 2. The van der Waals surface area contributed by atoms with Gasteiger partial charge in [-0.15, -0.1) is 11.3 Å². The molecule has 0 unspecified atom stereocenters. The third kappa shape index (κ3) is 3.09. The van der Waals surface area contributed by atoms with Crippen LogP contribution in [0.2, 0.25) is 0 Å². The molecule has 0 spiro atoms. The topological polar surface area (TPSA) is 116 Å². The number of carbonyl (C=O) groups excluding carboxylic acids is 3. The van der Waals surface area contributed by atoms with Crippen LogP contribution in [0.3, 0.4) is 0 Å². The zero-order valence-electron chi connectivity index (χ0n) is 13.1. The molecule has 2 heterocycles. The van der Waals surface area contributed by atoms with Crippen molar-refractivity contribution in [1.82, 2.24) is 9.78 Å². The van der Waals surface area contributed by atoms with Crippen molar-refractivity contribution in [2.75, 3.05) is 12.4 Å². The molecule has 3 N–H and O–H groups in total. The number of primary amides is 1. The summed E-state index contributed by atoms with van der Waals surface area (Å²) in [7, 11) is 2.86. The predicted molar refractivity (Wildman–Crippen MR) is 84.8 cm³/mol. The molecule has 0 fully saturated rings. The maximum Gasteiger partial charge on any atom is 0.341 e. The van der Waals surface area contributed by atoms with Gasteiger partial charge in [0.05, 0.1) is 23.2 Å². The van der Waals surface area contributed by atoms with Gasteiger partial charge in [-0.2, -0.15) is 5.10 Å². The molecule has 0 aromatic carbocycles. The van der Waals surface area contributed by atoms with Crippen LogP contribution in [-0.2, 0) is 11.8 Å². The van der Waals surface area contributed by atoms with Gasteiger partial charge in [0.25, 0.3) is 11.8 Å². The smallest absolute Gasteiger partial charge is 0.341 e. The molecule has 0 aliphatic rings. The van der Waals surface area contributed by atoms with Gasteiger partial charge in [-0.3, -0.25) is 14.3 Å². The van der Waals surface area contributed by atoms with E-state index in [0.717, 1.165) is 11.3 Å². The van der Waals surface area contributed by atoms with Gasteiger partial charge in [0.15, 0.2) is 0 Å². The van der Waals surface area contributed by atoms with Crippen molar-refractivity contribution in [2.45, 2.75) is 13.8 Å². The summed E-state index contributed by atoms with van der Waals surface area (Å²) in [6.45, 7) is 3.34. The lowest BCUT2D eigenvalue weighted by molar-refractivity contribution is 0.0601. The molecule has 0 aliphatic carbocycles. The standard InChI is InChI=1S/C14H16N4O4S/c1-6-5-8(18(3)17-6)12(20)16-13-9(14(21)22-4)7(2)10(23-13)11(15)19/h5H,1-4H3,(H2,15,19)(H,16,20). The minimum absolute atomic E-state index is 0.124. The van der Waals surface area contributed by atoms with Crippen molar-refractivity contribution in [3.05, 3.63) is 33.5 Å². The SMILES string of the molecule is COC(=O)c1c(NC(=O)c2cc(C)nn2C)sc(C(N)=O)c1C. The molecule has 122 valence electrons. The van der Waals surface area contributed by atoms with E-state index in [9.17, 15) is 14.4 Å². The molecule has 9 heteroatoms. The molecule has 2 aromatic heterocycles. The monoisotopic (exact) mass is 336 g/mol. The number of nitrogens with two attached hydrogens (primary N) is 1. The van der Waals surface area contributed by atoms with Gasteiger partial charge in [-0.25, -0.2) is 4.79 Å². The molecule has 8 nitrogen and oxygen atoms in total. The van der Waals surface area contributed by atoms with Crippen LogP contribution in [0, 0.1) is 13.8 Å². The first-order valence-corrected chi connectivity index (χ1v) is 7.41. The number of nitrogens with zero attached hydrogens (tertiary/aromatic N) is 2. The number of esters is 1. The van der Waals surface area contributed by atoms with E-state index in [0.29, 0.717) is 17.0 Å². The van der Waals surface area contributed by atoms with Crippen molar-refractivity contribution in [3.8, 4) is 0 Å². The van der Waals surface area contributed by atoms with Crippen molar-refractivity contribution in [3.63, 3.8) is 0 Å². The summed E-state index contributed by atoms with van der Waals surface area (Å²) in [5.41, 5.74) is 6.81. The summed E-state index contributed by atoms with van der Waals surface area (Å²) in [6, 6.07) is 1.61. The Morgan fingerprint density at radius 1 is 1.35 bits per heavy atom. The molecule has 2 aromatic rings. The number of hydrogen-bond donors (Lipinski definition) is 2. The summed E-state index contributed by atoms with van der Waals surface area (Å²) in [5.74, 6) is -1.77. The zero-order chi connectivity index (χ0) is 17.3. The third-order valence-corrected chi connectivity index (χ3v) is 4.44. The highest BCUT2D eigenvalue weighted by atomic mass is 32.1. The largest absolute Gasteiger partial charge is 0.465 e. The van der Waals surface area contributed by atoms with E-state index in [1.165, 1.54) is 11.8 Å². The van der Waals surface area contributed by atoms with Crippen molar-refractivity contribution in [2.24, 2.45) is 12.8 Å². The Bertz CT molecular complexity index is 806. The van der Waals surface area contributed by atoms with Gasteiger partial charge >= 0.3 is 5.97 Å². The number of anilines is 1. The first kappa shape index (κ1) is 16.7. The Labute approximate surface area is 136 Å². The van der Waals surface area contributed by atoms with Crippen LogP contribution in [0.15, 0.2) is 6.07 Å². The van der Waals surface area contributed by atoms with E-state index in [2.05, 4.69) is 10.4 Å². The first-order valence-electron chi connectivity index (χ1n) is 6.59. The highest BCUT2D eigenvalue weighted by molar-refractivity contribution is 7.18. The second kappa shape index (κ2) is 6.21. The quantitative estimate of drug-likeness (QED) is 0.815. The molecule has 0 atom stereocenters. The number of methoxy groups -OCH3 is 1. The Hall–Kier alpha value is -2.68. The van der Waals surface area contributed by atoms with Gasteiger partial charge in [0.1, 0.15) is 10.7 Å². The fraction of sp³-hybridized carbons (Fsp3) is 0.286. The van der Waals surface area contributed by atoms with Crippen LogP contribution >= 0.6 is 11.3 Å². The fourth-order valence-electron chi connectivity index (χ4n) is 2.17. The van der Waals surface area contributed by atoms with E-state index in [4.69, 9.17) is 10.5 Å². The Morgan fingerprint density at radius 2 is 2.00 bits per heavy atom. The van der Waals surface area contributed by atoms with Gasteiger partial charge < -0.3 is 15.8 Å². The number of rotatable bonds is 4. The number of ether oxygens (including phenoxy) is 1. The summed E-state index contributed by atoms with van der Waals surface area (Å²) < 4.78 is 6.14. The predicted octanol–water partition coefficient (Wildman–Crippen LogP) is 1.24. The lowest BCUT2D eigenvalue weighted by Gasteiger charge is -2.06. The minimum atomic E-state index is -0.672. The normalized spacial score (nSPS) is 10.4. The third-order valence-electron chi connectivity index (χ3n) is 3.22. The molecular weight excluding hydrogens is 320 g/mol. The summed E-state index contributed by atoms with van der Waals surface area (Å²) >= 11 is 0.937. The highest BCUT2D eigenvalue weighted by Gasteiger charge is 2.26. The van der Waals surface area contributed by atoms with Crippen molar-refractivity contribution in [1.29, 1.82) is 0 Å². The van der Waals surface area contributed by atoms with Gasteiger partial charge in [0.2, 0.25) is 0 Å². The molecule has 2 rings (SSSR count). The molecule has 0 radical (unpaired) electrons.